The lowest BCUT2D eigenvalue weighted by atomic mass is 9.81. The minimum Gasteiger partial charge on any atom is -0.478 e. The first-order valence-electron chi connectivity index (χ1n) is 15.2. The van der Waals surface area contributed by atoms with Gasteiger partial charge in [0.1, 0.15) is 6.61 Å². The van der Waals surface area contributed by atoms with E-state index in [-0.39, 0.29) is 18.1 Å². The number of rotatable bonds is 5. The van der Waals surface area contributed by atoms with Crippen LogP contribution in [0.1, 0.15) is 84.8 Å². The van der Waals surface area contributed by atoms with Crippen molar-refractivity contribution in [3.8, 4) is 11.3 Å². The Labute approximate surface area is 235 Å². The number of hydrogen-bond donors (Lipinski definition) is 1. The monoisotopic (exact) mass is 541 g/mol. The third-order valence-electron chi connectivity index (χ3n) is 9.91. The molecule has 0 bridgehead atoms. The van der Waals surface area contributed by atoms with E-state index in [0.717, 1.165) is 51.0 Å². The predicted molar refractivity (Wildman–Crippen MR) is 155 cm³/mol. The number of hydrogen-bond acceptors (Lipinski definition) is 4. The zero-order chi connectivity index (χ0) is 27.2. The second-order valence-electron chi connectivity index (χ2n) is 12.2. The van der Waals surface area contributed by atoms with E-state index >= 15 is 0 Å². The normalized spacial score (nSPS) is 23.1. The Kier molecular flexibility index (Phi) is 6.78. The average molecular weight is 542 g/mol. The minimum atomic E-state index is -0.896. The molecule has 7 nitrogen and oxygen atoms in total. The van der Waals surface area contributed by atoms with Crippen LogP contribution in [0.5, 0.6) is 0 Å². The number of carbonyl (C=O) groups excluding carboxylic acids is 1. The summed E-state index contributed by atoms with van der Waals surface area (Å²) in [6.45, 7) is 4.87. The smallest absolute Gasteiger partial charge is 0.410 e. The van der Waals surface area contributed by atoms with Gasteiger partial charge >= 0.3 is 12.1 Å². The molecule has 210 valence electrons. The molecule has 2 aromatic carbocycles. The second-order valence-corrected chi connectivity index (χ2v) is 12.2. The molecule has 4 aliphatic rings. The van der Waals surface area contributed by atoms with Gasteiger partial charge in [-0.25, -0.2) is 9.59 Å². The SMILES string of the molecule is O=C(O)c1ccc2c(C3CCCCC3)c3n(c2c1)CC1CCN(C(=O)OCCN2CCCC2)C1c1ccccc1-3. The molecule has 1 aromatic heterocycles. The fraction of sp³-hybridized carbons (Fsp3) is 0.515. The molecule has 3 fully saturated rings. The largest absolute Gasteiger partial charge is 0.478 e. The summed E-state index contributed by atoms with van der Waals surface area (Å²) in [5.41, 5.74) is 6.32. The van der Waals surface area contributed by atoms with Crippen molar-refractivity contribution in [2.24, 2.45) is 5.92 Å². The number of nitrogens with zero attached hydrogens (tertiary/aromatic N) is 3. The topological polar surface area (TPSA) is 75.0 Å². The summed E-state index contributed by atoms with van der Waals surface area (Å²) in [4.78, 5) is 29.8. The number of aromatic carboxylic acids is 1. The molecular weight excluding hydrogens is 502 g/mol. The summed E-state index contributed by atoms with van der Waals surface area (Å²) in [5, 5.41) is 11.0. The zero-order valence-corrected chi connectivity index (χ0v) is 23.2. The van der Waals surface area contributed by atoms with E-state index in [0.29, 0.717) is 24.6 Å². The van der Waals surface area contributed by atoms with Crippen LogP contribution < -0.4 is 0 Å². The van der Waals surface area contributed by atoms with Crippen LogP contribution in [-0.4, -0.2) is 64.3 Å². The van der Waals surface area contributed by atoms with Gasteiger partial charge in [0, 0.05) is 42.0 Å². The van der Waals surface area contributed by atoms with Gasteiger partial charge in [0.05, 0.1) is 17.3 Å². The Morgan fingerprint density at radius 3 is 2.52 bits per heavy atom. The minimum absolute atomic E-state index is 0.0488. The molecule has 3 aliphatic heterocycles. The van der Waals surface area contributed by atoms with Crippen molar-refractivity contribution in [2.75, 3.05) is 32.8 Å². The Balaban J connectivity index is 1.30. The van der Waals surface area contributed by atoms with Gasteiger partial charge in [-0.15, -0.1) is 0 Å². The average Bonchev–Trinajstić information content (AvgIpc) is 3.70. The molecule has 2 atom stereocenters. The van der Waals surface area contributed by atoms with Gasteiger partial charge in [-0.1, -0.05) is 49.6 Å². The maximum Gasteiger partial charge on any atom is 0.410 e. The molecule has 0 spiro atoms. The van der Waals surface area contributed by atoms with Crippen LogP contribution in [0.2, 0.25) is 0 Å². The van der Waals surface area contributed by atoms with Crippen LogP contribution in [-0.2, 0) is 11.3 Å². The molecule has 2 saturated heterocycles. The van der Waals surface area contributed by atoms with Gasteiger partial charge in [0.15, 0.2) is 0 Å². The summed E-state index contributed by atoms with van der Waals surface area (Å²) >= 11 is 0. The van der Waals surface area contributed by atoms with Crippen molar-refractivity contribution in [2.45, 2.75) is 69.9 Å². The molecule has 7 heteroatoms. The molecular formula is C33H39N3O4. The summed E-state index contributed by atoms with van der Waals surface area (Å²) < 4.78 is 8.26. The van der Waals surface area contributed by atoms with Crippen molar-refractivity contribution in [1.29, 1.82) is 0 Å². The summed E-state index contributed by atoms with van der Waals surface area (Å²) in [6.07, 6.45) is 9.22. The number of carboxylic acid groups (broad SMARTS) is 1. The quantitative estimate of drug-likeness (QED) is 0.391. The Hall–Kier alpha value is -3.32. The Bertz CT molecular complexity index is 1430. The van der Waals surface area contributed by atoms with Crippen molar-refractivity contribution in [3.63, 3.8) is 0 Å². The van der Waals surface area contributed by atoms with E-state index in [2.05, 4.69) is 33.7 Å². The molecule has 3 aromatic rings. The van der Waals surface area contributed by atoms with Crippen molar-refractivity contribution in [1.82, 2.24) is 14.4 Å². The molecule has 1 saturated carbocycles. The molecule has 1 N–H and O–H groups in total. The van der Waals surface area contributed by atoms with E-state index in [1.807, 2.05) is 17.0 Å². The van der Waals surface area contributed by atoms with Gasteiger partial charge in [-0.05, 0) is 74.4 Å². The summed E-state index contributed by atoms with van der Waals surface area (Å²) in [7, 11) is 0. The third-order valence-corrected chi connectivity index (χ3v) is 9.91. The van der Waals surface area contributed by atoms with Gasteiger partial charge in [0.2, 0.25) is 0 Å². The number of aromatic nitrogens is 1. The highest BCUT2D eigenvalue weighted by Gasteiger charge is 2.43. The van der Waals surface area contributed by atoms with E-state index in [4.69, 9.17) is 4.74 Å². The van der Waals surface area contributed by atoms with Crippen LogP contribution in [0.25, 0.3) is 22.2 Å². The third kappa shape index (κ3) is 4.39. The van der Waals surface area contributed by atoms with Gasteiger partial charge in [-0.3, -0.25) is 4.90 Å². The predicted octanol–water partition coefficient (Wildman–Crippen LogP) is 6.66. The van der Waals surface area contributed by atoms with Crippen LogP contribution >= 0.6 is 0 Å². The molecule has 4 heterocycles. The first-order chi connectivity index (χ1) is 19.6. The molecule has 1 amide bonds. The van der Waals surface area contributed by atoms with E-state index in [1.165, 1.54) is 59.9 Å². The standard InChI is InChI=1S/C33H39N3O4/c37-32(38)23-12-13-27-28(20-23)36-21-24-14-17-35(33(39)40-19-18-34-15-6-7-16-34)30(24)25-10-4-5-11-26(25)31(36)29(27)22-8-2-1-3-9-22/h4-5,10-13,20,22,24,30H,1-3,6-9,14-19,21H2,(H,37,38). The van der Waals surface area contributed by atoms with E-state index in [1.54, 1.807) is 6.07 Å². The van der Waals surface area contributed by atoms with Crippen molar-refractivity contribution in [3.05, 3.63) is 59.2 Å². The number of fused-ring (bicyclic) bond motifs is 7. The second kappa shape index (κ2) is 10.6. The lowest BCUT2D eigenvalue weighted by molar-refractivity contribution is 0.0696. The van der Waals surface area contributed by atoms with E-state index < -0.39 is 5.97 Å². The van der Waals surface area contributed by atoms with Gasteiger partial charge < -0.3 is 19.3 Å². The van der Waals surface area contributed by atoms with Crippen molar-refractivity contribution >= 4 is 23.0 Å². The van der Waals surface area contributed by atoms with Crippen molar-refractivity contribution < 1.29 is 19.4 Å². The van der Waals surface area contributed by atoms with Crippen LogP contribution in [0, 0.1) is 5.92 Å². The maximum atomic E-state index is 13.5. The highest BCUT2D eigenvalue weighted by Crippen LogP contribution is 2.51. The molecule has 2 unspecified atom stereocenters. The number of benzene rings is 2. The lowest BCUT2D eigenvalue weighted by Gasteiger charge is -2.28. The molecule has 40 heavy (non-hydrogen) atoms. The van der Waals surface area contributed by atoms with Gasteiger partial charge in [-0.2, -0.15) is 0 Å². The number of carbonyl (C=O) groups is 2. The van der Waals surface area contributed by atoms with Gasteiger partial charge in [0.25, 0.3) is 0 Å². The fourth-order valence-electron chi connectivity index (χ4n) is 8.02. The van der Waals surface area contributed by atoms with Crippen LogP contribution in [0.4, 0.5) is 4.79 Å². The van der Waals surface area contributed by atoms with E-state index in [9.17, 15) is 14.7 Å². The van der Waals surface area contributed by atoms with Crippen LogP contribution in [0.15, 0.2) is 42.5 Å². The fourth-order valence-corrected chi connectivity index (χ4v) is 8.02. The summed E-state index contributed by atoms with van der Waals surface area (Å²) in [5.74, 6) is -0.204. The highest BCUT2D eigenvalue weighted by molar-refractivity contribution is 5.98. The number of likely N-dealkylation sites (tertiary alicyclic amines) is 2. The number of amides is 1. The molecule has 0 radical (unpaired) electrons. The van der Waals surface area contributed by atoms with Crippen LogP contribution in [0.3, 0.4) is 0 Å². The highest BCUT2D eigenvalue weighted by atomic mass is 16.6. The lowest BCUT2D eigenvalue weighted by Crippen LogP contribution is -2.35. The summed E-state index contributed by atoms with van der Waals surface area (Å²) in [6, 6.07) is 14.2. The number of carboxylic acids is 1. The Morgan fingerprint density at radius 2 is 1.73 bits per heavy atom. The molecule has 7 rings (SSSR count). The first kappa shape index (κ1) is 25.6. The molecule has 1 aliphatic carbocycles. The first-order valence-corrected chi connectivity index (χ1v) is 15.2. The maximum absolute atomic E-state index is 13.5. The number of ether oxygens (including phenoxy) is 1. The Morgan fingerprint density at radius 1 is 0.925 bits per heavy atom. The zero-order valence-electron chi connectivity index (χ0n) is 23.2.